The lowest BCUT2D eigenvalue weighted by Gasteiger charge is -2.23. The normalized spacial score (nSPS) is 15.8. The predicted molar refractivity (Wildman–Crippen MR) is 130 cm³/mol. The van der Waals surface area contributed by atoms with Gasteiger partial charge in [0.1, 0.15) is 12.9 Å². The van der Waals surface area contributed by atoms with Crippen LogP contribution in [-0.2, 0) is 7.05 Å². The Morgan fingerprint density at radius 1 is 0.875 bits per heavy atom. The molecule has 6 aromatic rings. The summed E-state index contributed by atoms with van der Waals surface area (Å²) in [5.74, 6) is 0.439. The second kappa shape index (κ2) is 6.41. The summed E-state index contributed by atoms with van der Waals surface area (Å²) in [6.45, 7) is 2.19. The van der Waals surface area contributed by atoms with Gasteiger partial charge in [-0.15, -0.1) is 0 Å². The Hall–Kier alpha value is -3.20. The summed E-state index contributed by atoms with van der Waals surface area (Å²) < 4.78 is 19.1. The van der Waals surface area contributed by atoms with Gasteiger partial charge in [-0.05, 0) is 66.5 Å². The van der Waals surface area contributed by atoms with Gasteiger partial charge < -0.3 is 4.40 Å². The first-order valence-corrected chi connectivity index (χ1v) is 11.8. The molecule has 2 nitrogen and oxygen atoms in total. The van der Waals surface area contributed by atoms with Crippen LogP contribution in [-0.4, -0.2) is 4.40 Å². The van der Waals surface area contributed by atoms with E-state index >= 15 is 0 Å². The number of aryl methyl sites for hydroxylation is 2. The molecule has 0 saturated heterocycles. The highest BCUT2D eigenvalue weighted by atomic mass is 19.1. The lowest BCUT2D eigenvalue weighted by Crippen LogP contribution is -2.29. The SMILES string of the molecule is Cc1ccc2c3ccc(F)cc3n3c4cc(C5CCCCC5)cc5cc[n+](C)c(c1c23)c54. The van der Waals surface area contributed by atoms with Gasteiger partial charge in [-0.25, -0.2) is 8.96 Å². The highest BCUT2D eigenvalue weighted by Crippen LogP contribution is 2.42. The molecule has 3 heterocycles. The molecule has 0 amide bonds. The molecule has 3 aromatic carbocycles. The number of aromatic nitrogens is 2. The van der Waals surface area contributed by atoms with Crippen molar-refractivity contribution in [1.82, 2.24) is 4.40 Å². The first kappa shape index (κ1) is 18.4. The average Bonchev–Trinajstić information content (AvgIpc) is 3.13. The first-order valence-electron chi connectivity index (χ1n) is 11.8. The minimum atomic E-state index is -0.182. The van der Waals surface area contributed by atoms with Gasteiger partial charge in [-0.1, -0.05) is 37.5 Å². The molecule has 1 fully saturated rings. The Balaban J connectivity index is 1.78. The van der Waals surface area contributed by atoms with Crippen molar-refractivity contribution in [3.05, 3.63) is 71.7 Å². The Kier molecular flexibility index (Phi) is 3.68. The van der Waals surface area contributed by atoms with Gasteiger partial charge in [-0.2, -0.15) is 0 Å². The maximum atomic E-state index is 14.5. The molecule has 1 saturated carbocycles. The van der Waals surface area contributed by atoms with Crippen molar-refractivity contribution >= 4 is 49.0 Å². The van der Waals surface area contributed by atoms with Crippen LogP contribution in [0.25, 0.3) is 49.0 Å². The number of hydrogen-bond acceptors (Lipinski definition) is 0. The molecule has 0 atom stereocenters. The Morgan fingerprint density at radius 3 is 2.53 bits per heavy atom. The zero-order valence-electron chi connectivity index (χ0n) is 18.6. The van der Waals surface area contributed by atoms with Crippen LogP contribution in [0, 0.1) is 12.7 Å². The van der Waals surface area contributed by atoms with E-state index in [9.17, 15) is 4.39 Å². The summed E-state index contributed by atoms with van der Waals surface area (Å²) in [7, 11) is 2.14. The molecule has 0 aliphatic heterocycles. The van der Waals surface area contributed by atoms with Crippen LogP contribution in [0.1, 0.15) is 49.1 Å². The molecule has 0 spiro atoms. The third kappa shape index (κ3) is 2.31. The fourth-order valence-corrected chi connectivity index (χ4v) is 6.38. The second-order valence-corrected chi connectivity index (χ2v) is 9.76. The number of benzene rings is 3. The molecule has 0 bridgehead atoms. The highest BCUT2D eigenvalue weighted by molar-refractivity contribution is 6.25. The van der Waals surface area contributed by atoms with Crippen LogP contribution in [0.15, 0.2) is 54.7 Å². The van der Waals surface area contributed by atoms with E-state index in [0.717, 1.165) is 10.9 Å². The van der Waals surface area contributed by atoms with Crippen molar-refractivity contribution in [2.24, 2.45) is 7.05 Å². The van der Waals surface area contributed by atoms with Gasteiger partial charge in [-0.3, -0.25) is 0 Å². The van der Waals surface area contributed by atoms with E-state index < -0.39 is 0 Å². The number of rotatable bonds is 1. The fraction of sp³-hybridized carbons (Fsp3) is 0.276. The number of pyridine rings is 2. The van der Waals surface area contributed by atoms with Crippen molar-refractivity contribution in [3.8, 4) is 0 Å². The Bertz CT molecular complexity index is 1690. The Morgan fingerprint density at radius 2 is 1.69 bits per heavy atom. The third-order valence-electron chi connectivity index (χ3n) is 7.89. The third-order valence-corrected chi connectivity index (χ3v) is 7.89. The first-order chi connectivity index (χ1) is 15.6. The highest BCUT2D eigenvalue weighted by Gasteiger charge is 2.25. The van der Waals surface area contributed by atoms with Crippen LogP contribution in [0.5, 0.6) is 0 Å². The number of fused-ring (bicyclic) bond motifs is 5. The molecule has 0 unspecified atom stereocenters. The van der Waals surface area contributed by atoms with Crippen LogP contribution < -0.4 is 4.57 Å². The number of hydrogen-bond donors (Lipinski definition) is 0. The smallest absolute Gasteiger partial charge is 0.224 e. The lowest BCUT2D eigenvalue weighted by atomic mass is 9.83. The topological polar surface area (TPSA) is 8.29 Å². The molecule has 1 aliphatic carbocycles. The van der Waals surface area contributed by atoms with Crippen molar-refractivity contribution in [1.29, 1.82) is 0 Å². The van der Waals surface area contributed by atoms with Gasteiger partial charge in [0.2, 0.25) is 5.52 Å². The van der Waals surface area contributed by atoms with Gasteiger partial charge in [0.15, 0.2) is 6.20 Å². The monoisotopic (exact) mass is 421 g/mol. The van der Waals surface area contributed by atoms with Crippen molar-refractivity contribution in [2.45, 2.75) is 44.9 Å². The molecule has 7 rings (SSSR count). The summed E-state index contributed by atoms with van der Waals surface area (Å²) >= 11 is 0. The zero-order chi connectivity index (χ0) is 21.6. The summed E-state index contributed by atoms with van der Waals surface area (Å²) in [5, 5.41) is 6.15. The largest absolute Gasteiger partial charge is 0.307 e. The lowest BCUT2D eigenvalue weighted by molar-refractivity contribution is -0.643. The summed E-state index contributed by atoms with van der Waals surface area (Å²) in [4.78, 5) is 0. The predicted octanol–water partition coefficient (Wildman–Crippen LogP) is 7.31. The number of nitrogens with zero attached hydrogens (tertiary/aromatic N) is 2. The van der Waals surface area contributed by atoms with Crippen LogP contribution in [0.3, 0.4) is 0 Å². The van der Waals surface area contributed by atoms with Gasteiger partial charge >= 0.3 is 0 Å². The zero-order valence-corrected chi connectivity index (χ0v) is 18.6. The molecular formula is C29H26FN2+. The van der Waals surface area contributed by atoms with Gasteiger partial charge in [0.25, 0.3) is 0 Å². The van der Waals surface area contributed by atoms with Gasteiger partial charge in [0.05, 0.1) is 27.3 Å². The van der Waals surface area contributed by atoms with Crippen LogP contribution >= 0.6 is 0 Å². The molecule has 158 valence electrons. The maximum absolute atomic E-state index is 14.5. The molecule has 3 aromatic heterocycles. The average molecular weight is 422 g/mol. The van der Waals surface area contributed by atoms with E-state index in [2.05, 4.69) is 59.5 Å². The van der Waals surface area contributed by atoms with Gasteiger partial charge in [0, 0.05) is 16.8 Å². The summed E-state index contributed by atoms with van der Waals surface area (Å²) in [5.41, 5.74) is 7.35. The molecule has 0 N–H and O–H groups in total. The summed E-state index contributed by atoms with van der Waals surface area (Å²) in [6, 6.07) is 16.8. The van der Waals surface area contributed by atoms with E-state index in [1.54, 1.807) is 12.1 Å². The minimum absolute atomic E-state index is 0.182. The van der Waals surface area contributed by atoms with E-state index in [1.807, 2.05) is 6.07 Å². The van der Waals surface area contributed by atoms with Crippen molar-refractivity contribution < 1.29 is 8.96 Å². The maximum Gasteiger partial charge on any atom is 0.224 e. The Labute approximate surface area is 186 Å². The van der Waals surface area contributed by atoms with E-state index in [4.69, 9.17) is 0 Å². The fourth-order valence-electron chi connectivity index (χ4n) is 6.38. The summed E-state index contributed by atoms with van der Waals surface area (Å²) in [6.07, 6.45) is 8.72. The second-order valence-electron chi connectivity index (χ2n) is 9.76. The van der Waals surface area contributed by atoms with E-state index in [0.29, 0.717) is 5.92 Å². The van der Waals surface area contributed by atoms with Crippen molar-refractivity contribution in [2.75, 3.05) is 0 Å². The molecule has 32 heavy (non-hydrogen) atoms. The van der Waals surface area contributed by atoms with E-state index in [-0.39, 0.29) is 5.82 Å². The van der Waals surface area contributed by atoms with Crippen LogP contribution in [0.2, 0.25) is 0 Å². The quantitative estimate of drug-likeness (QED) is 0.149. The van der Waals surface area contributed by atoms with E-state index in [1.165, 1.54) is 81.3 Å². The number of halogens is 1. The standard InChI is InChI=1S/C29H26FN2/c1-17-8-10-23-22-11-9-21(30)16-24(22)32-25-15-20(18-6-4-3-5-7-18)14-19-12-13-31(2)29(27(19)25)26(17)28(23)32/h8-16,18H,3-7H2,1-2H3/q+1. The molecular weight excluding hydrogens is 395 g/mol. The van der Waals surface area contributed by atoms with Crippen molar-refractivity contribution in [3.63, 3.8) is 0 Å². The minimum Gasteiger partial charge on any atom is -0.307 e. The molecule has 1 aliphatic rings. The molecule has 3 heteroatoms. The molecule has 0 radical (unpaired) electrons. The van der Waals surface area contributed by atoms with Crippen LogP contribution in [0.4, 0.5) is 4.39 Å².